The molecule has 2 aromatic rings. The molecule has 4 N–H and O–H groups in total. The number of aryl methyl sites for hydroxylation is 2. The van der Waals surface area contributed by atoms with Crippen LogP contribution in [0.15, 0.2) is 35.5 Å². The number of oxime groups is 1. The maximum atomic E-state index is 13.6. The number of hydrogen-bond acceptors (Lipinski definition) is 7. The van der Waals surface area contributed by atoms with Crippen LogP contribution in [0.1, 0.15) is 85.7 Å². The zero-order valence-electron chi connectivity index (χ0n) is 23.3. The van der Waals surface area contributed by atoms with Crippen LogP contribution in [0.5, 0.6) is 0 Å². The predicted octanol–water partition coefficient (Wildman–Crippen LogP) is 2.65. The molecule has 4 rings (SSSR count). The Kier molecular flexibility index (Phi) is 9.12. The minimum atomic E-state index is -1.71. The van der Waals surface area contributed by atoms with Gasteiger partial charge in [-0.1, -0.05) is 61.7 Å². The van der Waals surface area contributed by atoms with Gasteiger partial charge in [-0.3, -0.25) is 14.3 Å². The second-order valence-corrected chi connectivity index (χ2v) is 11.4. The summed E-state index contributed by atoms with van der Waals surface area (Å²) in [7, 11) is -1.71. The Morgan fingerprint density at radius 2 is 1.95 bits per heavy atom. The van der Waals surface area contributed by atoms with Crippen molar-refractivity contribution >= 4 is 24.6 Å². The number of benzene rings is 1. The Morgan fingerprint density at radius 1 is 1.21 bits per heavy atom. The van der Waals surface area contributed by atoms with Gasteiger partial charge in [-0.15, -0.1) is 0 Å². The third-order valence-electron chi connectivity index (χ3n) is 7.44. The van der Waals surface area contributed by atoms with E-state index in [9.17, 15) is 19.6 Å². The highest BCUT2D eigenvalue weighted by Gasteiger charge is 2.48. The van der Waals surface area contributed by atoms with Crippen molar-refractivity contribution in [1.82, 2.24) is 20.4 Å². The minimum absolute atomic E-state index is 0.120. The molecule has 1 saturated carbocycles. The Balaban J connectivity index is 1.48. The standard InChI is InChI=1S/C28H40BN5O5/c1-18(2)12-25(29(37)38)31-27(36)28(15-21-9-7-8-19(3)13-21)16-22(33-39-28)17-30-26(35)24-14-20(4)32-34(24)23-10-5-6-11-23/h7-9,13-14,18,23,25,37-38H,5-6,10-12,15-17H2,1-4H3,(H,30,35)(H,31,36). The lowest BCUT2D eigenvalue weighted by Crippen LogP contribution is -2.56. The lowest BCUT2D eigenvalue weighted by molar-refractivity contribution is -0.144. The van der Waals surface area contributed by atoms with Gasteiger partial charge in [-0.2, -0.15) is 5.10 Å². The van der Waals surface area contributed by atoms with E-state index in [4.69, 9.17) is 4.84 Å². The van der Waals surface area contributed by atoms with Gasteiger partial charge in [-0.05, 0) is 50.7 Å². The first-order chi connectivity index (χ1) is 18.6. The molecule has 2 aliphatic rings. The fraction of sp³-hybridized carbons (Fsp3) is 0.571. The average molecular weight is 537 g/mol. The molecule has 0 saturated heterocycles. The summed E-state index contributed by atoms with van der Waals surface area (Å²) >= 11 is 0. The molecule has 1 aromatic heterocycles. The minimum Gasteiger partial charge on any atom is -0.426 e. The molecule has 2 atom stereocenters. The molecule has 10 nitrogen and oxygen atoms in total. The summed E-state index contributed by atoms with van der Waals surface area (Å²) in [6, 6.07) is 9.83. The van der Waals surface area contributed by atoms with Gasteiger partial charge in [-0.25, -0.2) is 0 Å². The average Bonchev–Trinajstić information content (AvgIpc) is 3.62. The Morgan fingerprint density at radius 3 is 2.62 bits per heavy atom. The summed E-state index contributed by atoms with van der Waals surface area (Å²) in [6.07, 6.45) is 5.08. The van der Waals surface area contributed by atoms with Crippen LogP contribution < -0.4 is 10.6 Å². The fourth-order valence-electron chi connectivity index (χ4n) is 5.54. The van der Waals surface area contributed by atoms with Gasteiger partial charge in [0.05, 0.1) is 29.9 Å². The van der Waals surface area contributed by atoms with Crippen molar-refractivity contribution in [3.8, 4) is 0 Å². The van der Waals surface area contributed by atoms with E-state index in [0.717, 1.165) is 42.5 Å². The van der Waals surface area contributed by atoms with Crippen LogP contribution in [0, 0.1) is 19.8 Å². The lowest BCUT2D eigenvalue weighted by atomic mass is 9.74. The van der Waals surface area contributed by atoms with E-state index in [1.54, 1.807) is 6.07 Å². The molecule has 2 amide bonds. The SMILES string of the molecule is Cc1cccc(CC2(C(=O)NC(CC(C)C)B(O)O)CC(CNC(=O)c3cc(C)nn3C3CCCC3)=NO2)c1. The third kappa shape index (κ3) is 7.08. The number of hydrogen-bond donors (Lipinski definition) is 4. The molecule has 2 heterocycles. The van der Waals surface area contributed by atoms with Gasteiger partial charge < -0.3 is 25.5 Å². The van der Waals surface area contributed by atoms with Crippen LogP contribution in [0.2, 0.25) is 0 Å². The van der Waals surface area contributed by atoms with Gasteiger partial charge in [0.1, 0.15) is 5.69 Å². The molecule has 1 aromatic carbocycles. The van der Waals surface area contributed by atoms with Crippen molar-refractivity contribution < 1.29 is 24.5 Å². The van der Waals surface area contributed by atoms with Crippen LogP contribution in [-0.2, 0) is 16.1 Å². The molecule has 1 aliphatic heterocycles. The van der Waals surface area contributed by atoms with E-state index in [-0.39, 0.29) is 37.3 Å². The van der Waals surface area contributed by atoms with Crippen LogP contribution in [-0.4, -0.2) is 62.6 Å². The van der Waals surface area contributed by atoms with Crippen molar-refractivity contribution in [1.29, 1.82) is 0 Å². The van der Waals surface area contributed by atoms with E-state index in [1.165, 1.54) is 0 Å². The summed E-state index contributed by atoms with van der Waals surface area (Å²) in [6.45, 7) is 7.86. The van der Waals surface area contributed by atoms with Crippen LogP contribution in [0.4, 0.5) is 0 Å². The molecular weight excluding hydrogens is 497 g/mol. The van der Waals surface area contributed by atoms with Crippen molar-refractivity contribution in [3.05, 3.63) is 52.8 Å². The quantitative estimate of drug-likeness (QED) is 0.325. The van der Waals surface area contributed by atoms with Gasteiger partial charge in [0.25, 0.3) is 11.8 Å². The third-order valence-corrected chi connectivity index (χ3v) is 7.44. The van der Waals surface area contributed by atoms with Crippen molar-refractivity contribution in [3.63, 3.8) is 0 Å². The number of carbonyl (C=O) groups is 2. The second-order valence-electron chi connectivity index (χ2n) is 11.4. The molecule has 0 spiro atoms. The van der Waals surface area contributed by atoms with Gasteiger partial charge >= 0.3 is 7.12 Å². The largest absolute Gasteiger partial charge is 0.475 e. The van der Waals surface area contributed by atoms with Crippen molar-refractivity contribution in [2.45, 2.75) is 90.2 Å². The van der Waals surface area contributed by atoms with Gasteiger partial charge in [0.2, 0.25) is 5.60 Å². The molecule has 2 unspecified atom stereocenters. The number of aromatic nitrogens is 2. The van der Waals surface area contributed by atoms with E-state index in [2.05, 4.69) is 20.9 Å². The lowest BCUT2D eigenvalue weighted by Gasteiger charge is -2.29. The highest BCUT2D eigenvalue weighted by molar-refractivity contribution is 6.43. The van der Waals surface area contributed by atoms with Crippen LogP contribution in [0.25, 0.3) is 0 Å². The summed E-state index contributed by atoms with van der Waals surface area (Å²) in [5.41, 5.74) is 2.42. The smallest absolute Gasteiger partial charge is 0.426 e. The Bertz CT molecular complexity index is 1210. The molecular formula is C28H40BN5O5. The molecule has 11 heteroatoms. The number of carbonyl (C=O) groups excluding carboxylic acids is 2. The molecule has 0 radical (unpaired) electrons. The van der Waals surface area contributed by atoms with E-state index >= 15 is 0 Å². The summed E-state index contributed by atoms with van der Waals surface area (Å²) < 4.78 is 1.84. The van der Waals surface area contributed by atoms with E-state index in [1.807, 2.05) is 56.6 Å². The molecule has 210 valence electrons. The zero-order chi connectivity index (χ0) is 28.2. The van der Waals surface area contributed by atoms with Gasteiger partial charge in [0.15, 0.2) is 0 Å². The maximum Gasteiger partial charge on any atom is 0.475 e. The number of nitrogens with zero attached hydrogens (tertiary/aromatic N) is 3. The van der Waals surface area contributed by atoms with Crippen molar-refractivity contribution in [2.24, 2.45) is 11.1 Å². The van der Waals surface area contributed by atoms with Gasteiger partial charge in [0, 0.05) is 12.8 Å². The molecule has 39 heavy (non-hydrogen) atoms. The Labute approximate surface area is 230 Å². The summed E-state index contributed by atoms with van der Waals surface area (Å²) in [4.78, 5) is 32.6. The predicted molar refractivity (Wildman–Crippen MR) is 149 cm³/mol. The highest BCUT2D eigenvalue weighted by Crippen LogP contribution is 2.31. The highest BCUT2D eigenvalue weighted by atomic mass is 16.7. The second kappa shape index (κ2) is 12.3. The van der Waals surface area contributed by atoms with Crippen molar-refractivity contribution in [2.75, 3.05) is 6.54 Å². The zero-order valence-corrected chi connectivity index (χ0v) is 23.3. The van der Waals surface area contributed by atoms with E-state index in [0.29, 0.717) is 17.8 Å². The van der Waals surface area contributed by atoms with E-state index < -0.39 is 24.6 Å². The Hall–Kier alpha value is -3.18. The first-order valence-corrected chi connectivity index (χ1v) is 13.9. The molecule has 1 aliphatic carbocycles. The van der Waals surface area contributed by atoms with Crippen LogP contribution in [0.3, 0.4) is 0 Å². The number of rotatable bonds is 11. The number of amides is 2. The molecule has 1 fully saturated rings. The maximum absolute atomic E-state index is 13.6. The molecule has 0 bridgehead atoms. The fourth-order valence-corrected chi connectivity index (χ4v) is 5.54. The normalized spacial score (nSPS) is 20.0. The van der Waals surface area contributed by atoms with Crippen LogP contribution >= 0.6 is 0 Å². The first kappa shape index (κ1) is 28.8. The number of nitrogens with one attached hydrogen (secondary N) is 2. The summed E-state index contributed by atoms with van der Waals surface area (Å²) in [5, 5.41) is 34.3. The summed E-state index contributed by atoms with van der Waals surface area (Å²) in [5.74, 6) is -1.43. The topological polar surface area (TPSA) is 138 Å². The monoisotopic (exact) mass is 537 g/mol. The first-order valence-electron chi connectivity index (χ1n) is 13.9.